The molecule has 124 valence electrons. The van der Waals surface area contributed by atoms with Crippen molar-refractivity contribution in [3.05, 3.63) is 41.8 Å². The van der Waals surface area contributed by atoms with Crippen molar-refractivity contribution in [2.24, 2.45) is 0 Å². The summed E-state index contributed by atoms with van der Waals surface area (Å²) in [6.07, 6.45) is 0. The monoisotopic (exact) mass is 344 g/mol. The summed E-state index contributed by atoms with van der Waals surface area (Å²) in [7, 11) is 0. The van der Waals surface area contributed by atoms with Crippen LogP contribution in [-0.4, -0.2) is 30.8 Å². The van der Waals surface area contributed by atoms with Gasteiger partial charge in [0.05, 0.1) is 11.4 Å². The molecule has 0 radical (unpaired) electrons. The fourth-order valence-electron chi connectivity index (χ4n) is 2.19. The number of hydrogen-bond acceptors (Lipinski definition) is 7. The second-order valence-electron chi connectivity index (χ2n) is 5.12. The Kier molecular flexibility index (Phi) is 4.61. The van der Waals surface area contributed by atoms with Gasteiger partial charge in [-0.1, -0.05) is 23.0 Å². The van der Waals surface area contributed by atoms with Crippen molar-refractivity contribution in [2.45, 2.75) is 31.7 Å². The second kappa shape index (κ2) is 6.83. The molecule has 3 aromatic rings. The minimum atomic E-state index is -0.116. The molecule has 0 aliphatic rings. The summed E-state index contributed by atoms with van der Waals surface area (Å²) >= 11 is 1.47. The van der Waals surface area contributed by atoms with E-state index in [-0.39, 0.29) is 5.91 Å². The molecule has 24 heavy (non-hydrogen) atoms. The van der Waals surface area contributed by atoms with Crippen LogP contribution in [0.15, 0.2) is 33.9 Å². The number of amides is 1. The van der Waals surface area contributed by atoms with E-state index >= 15 is 0 Å². The van der Waals surface area contributed by atoms with Gasteiger partial charge in [0.25, 0.3) is 0 Å². The molecule has 0 bridgehead atoms. The van der Waals surface area contributed by atoms with E-state index in [9.17, 15) is 4.79 Å². The van der Waals surface area contributed by atoms with Gasteiger partial charge in [-0.05, 0) is 25.1 Å². The lowest BCUT2D eigenvalue weighted by atomic mass is 10.2. The van der Waals surface area contributed by atoms with Crippen LogP contribution in [0.2, 0.25) is 0 Å². The molecule has 2 aromatic heterocycles. The van der Waals surface area contributed by atoms with Crippen LogP contribution >= 0.6 is 11.8 Å². The smallest absolute Gasteiger partial charge is 0.223 e. The largest absolute Gasteiger partial charge is 0.340 e. The van der Waals surface area contributed by atoms with Gasteiger partial charge in [-0.15, -0.1) is 10.2 Å². The van der Waals surface area contributed by atoms with Crippen molar-refractivity contribution < 1.29 is 9.32 Å². The molecule has 0 atom stereocenters. The van der Waals surface area contributed by atoms with Gasteiger partial charge in [0, 0.05) is 19.5 Å². The Balaban J connectivity index is 1.85. The summed E-state index contributed by atoms with van der Waals surface area (Å²) in [6.45, 7) is 5.10. The zero-order chi connectivity index (χ0) is 17.1. The Morgan fingerprint density at radius 2 is 2.17 bits per heavy atom. The molecule has 0 spiro atoms. The van der Waals surface area contributed by atoms with Crippen molar-refractivity contribution in [1.82, 2.24) is 24.9 Å². The first-order chi connectivity index (χ1) is 11.5. The van der Waals surface area contributed by atoms with Gasteiger partial charge < -0.3 is 9.84 Å². The van der Waals surface area contributed by atoms with Crippen LogP contribution in [0.3, 0.4) is 0 Å². The fourth-order valence-corrected chi connectivity index (χ4v) is 3.03. The number of carbonyl (C=O) groups excluding carboxylic acids is 1. The molecule has 0 saturated heterocycles. The van der Waals surface area contributed by atoms with E-state index in [4.69, 9.17) is 4.52 Å². The predicted molar refractivity (Wildman–Crippen MR) is 89.0 cm³/mol. The first kappa shape index (κ1) is 16.2. The molecule has 3 rings (SSSR count). The highest BCUT2D eigenvalue weighted by molar-refractivity contribution is 7.98. The molecular weight excluding hydrogens is 328 g/mol. The number of anilines is 1. The topological polar surface area (TPSA) is 98.7 Å². The molecule has 2 heterocycles. The average Bonchev–Trinajstić information content (AvgIpc) is 3.10. The van der Waals surface area contributed by atoms with Crippen LogP contribution in [0.1, 0.15) is 24.5 Å². The molecule has 8 nitrogen and oxygen atoms in total. The molecule has 0 aliphatic carbocycles. The Labute approximate surface area is 142 Å². The molecule has 0 saturated carbocycles. The number of thioether (sulfide) groups is 1. The number of aryl methyl sites for hydroxylation is 2. The van der Waals surface area contributed by atoms with E-state index in [0.29, 0.717) is 17.5 Å². The molecule has 1 aromatic carbocycles. The standard InChI is InChI=1S/C15H16N6O2S/c1-9-18-19-15(24-8-14-17-11(3)23-20-14)21(9)13-6-4-5-12(7-13)16-10(2)22/h4-7H,8H2,1-3H3,(H,16,22). The zero-order valence-electron chi connectivity index (χ0n) is 13.5. The lowest BCUT2D eigenvalue weighted by Gasteiger charge is -2.10. The van der Waals surface area contributed by atoms with E-state index in [0.717, 1.165) is 22.4 Å². The van der Waals surface area contributed by atoms with Crippen LogP contribution in [-0.2, 0) is 10.5 Å². The van der Waals surface area contributed by atoms with E-state index in [1.165, 1.54) is 18.7 Å². The highest BCUT2D eigenvalue weighted by Gasteiger charge is 2.13. The van der Waals surface area contributed by atoms with E-state index in [2.05, 4.69) is 25.7 Å². The summed E-state index contributed by atoms with van der Waals surface area (Å²) in [5, 5.41) is 15.7. The van der Waals surface area contributed by atoms with Crippen molar-refractivity contribution >= 4 is 23.4 Å². The number of rotatable bonds is 5. The molecule has 0 unspecified atom stereocenters. The molecule has 0 aliphatic heterocycles. The molecular formula is C15H16N6O2S. The summed E-state index contributed by atoms with van der Waals surface area (Å²) in [5.74, 6) is 2.31. The number of benzene rings is 1. The first-order valence-electron chi connectivity index (χ1n) is 7.25. The summed E-state index contributed by atoms with van der Waals surface area (Å²) in [4.78, 5) is 15.4. The van der Waals surface area contributed by atoms with E-state index in [1.54, 1.807) is 6.92 Å². The number of nitrogens with zero attached hydrogens (tertiary/aromatic N) is 5. The summed E-state index contributed by atoms with van der Waals surface area (Å²) in [5.41, 5.74) is 1.59. The third-order valence-electron chi connectivity index (χ3n) is 3.12. The number of hydrogen-bond donors (Lipinski definition) is 1. The van der Waals surface area contributed by atoms with Crippen molar-refractivity contribution in [3.8, 4) is 5.69 Å². The number of nitrogens with one attached hydrogen (secondary N) is 1. The molecule has 1 N–H and O–H groups in total. The van der Waals surface area contributed by atoms with Crippen LogP contribution in [0.4, 0.5) is 5.69 Å². The quantitative estimate of drug-likeness (QED) is 0.710. The van der Waals surface area contributed by atoms with Gasteiger partial charge in [-0.2, -0.15) is 4.98 Å². The van der Waals surface area contributed by atoms with Gasteiger partial charge in [-0.3, -0.25) is 9.36 Å². The lowest BCUT2D eigenvalue weighted by Crippen LogP contribution is -2.07. The SMILES string of the molecule is CC(=O)Nc1cccc(-n2c(C)nnc2SCc2noc(C)n2)c1. The summed E-state index contributed by atoms with van der Waals surface area (Å²) in [6, 6.07) is 7.51. The molecule has 9 heteroatoms. The van der Waals surface area contributed by atoms with Gasteiger partial charge in [0.15, 0.2) is 11.0 Å². The van der Waals surface area contributed by atoms with Crippen molar-refractivity contribution in [1.29, 1.82) is 0 Å². The highest BCUT2D eigenvalue weighted by atomic mass is 32.2. The van der Waals surface area contributed by atoms with Crippen LogP contribution < -0.4 is 5.32 Å². The molecule has 0 fully saturated rings. The average molecular weight is 344 g/mol. The van der Waals surface area contributed by atoms with Crippen LogP contribution in [0.5, 0.6) is 0 Å². The number of carbonyl (C=O) groups is 1. The maximum Gasteiger partial charge on any atom is 0.223 e. The maximum absolute atomic E-state index is 11.2. The fraction of sp³-hybridized carbons (Fsp3) is 0.267. The summed E-state index contributed by atoms with van der Waals surface area (Å²) < 4.78 is 6.89. The predicted octanol–water partition coefficient (Wildman–Crippen LogP) is 2.52. The Morgan fingerprint density at radius 1 is 1.33 bits per heavy atom. The number of aromatic nitrogens is 5. The van der Waals surface area contributed by atoms with E-state index in [1.807, 2.05) is 35.8 Å². The zero-order valence-corrected chi connectivity index (χ0v) is 14.3. The van der Waals surface area contributed by atoms with Crippen molar-refractivity contribution in [3.63, 3.8) is 0 Å². The van der Waals surface area contributed by atoms with Gasteiger partial charge in [-0.25, -0.2) is 0 Å². The minimum Gasteiger partial charge on any atom is -0.340 e. The van der Waals surface area contributed by atoms with Crippen molar-refractivity contribution in [2.75, 3.05) is 5.32 Å². The Hall–Kier alpha value is -2.68. The third kappa shape index (κ3) is 3.62. The normalized spacial score (nSPS) is 10.8. The molecule has 1 amide bonds. The highest BCUT2D eigenvalue weighted by Crippen LogP contribution is 2.25. The minimum absolute atomic E-state index is 0.116. The first-order valence-corrected chi connectivity index (χ1v) is 8.23. The van der Waals surface area contributed by atoms with Gasteiger partial charge >= 0.3 is 0 Å². The second-order valence-corrected chi connectivity index (χ2v) is 6.06. The van der Waals surface area contributed by atoms with E-state index < -0.39 is 0 Å². The van der Waals surface area contributed by atoms with Crippen LogP contribution in [0.25, 0.3) is 5.69 Å². The Morgan fingerprint density at radius 3 is 2.88 bits per heavy atom. The van der Waals surface area contributed by atoms with Gasteiger partial charge in [0.1, 0.15) is 5.82 Å². The van der Waals surface area contributed by atoms with Gasteiger partial charge in [0.2, 0.25) is 11.8 Å². The lowest BCUT2D eigenvalue weighted by molar-refractivity contribution is -0.114. The third-order valence-corrected chi connectivity index (χ3v) is 4.04. The maximum atomic E-state index is 11.2. The van der Waals surface area contributed by atoms with Crippen LogP contribution in [0, 0.1) is 13.8 Å². The Bertz CT molecular complexity index is 872.